The maximum absolute atomic E-state index is 10.3. The molecule has 11 nitrogen and oxygen atoms in total. The molecule has 0 unspecified atom stereocenters. The van der Waals surface area contributed by atoms with Crippen LogP contribution in [0.5, 0.6) is 5.75 Å². The lowest BCUT2D eigenvalue weighted by Crippen LogP contribution is -2.29. The van der Waals surface area contributed by atoms with Gasteiger partial charge < -0.3 is 21.7 Å². The number of carboxylic acids is 1. The average molecular weight is 330 g/mol. The molecule has 0 bridgehead atoms. The van der Waals surface area contributed by atoms with Gasteiger partial charge in [0, 0.05) is 6.07 Å². The highest BCUT2D eigenvalue weighted by atomic mass is 16.6. The van der Waals surface area contributed by atoms with E-state index in [1.54, 1.807) is 0 Å². The Hall–Kier alpha value is -2.79. The molecule has 0 heterocycles. The number of hydrogen-bond donors (Lipinski definition) is 4. The first kappa shape index (κ1) is 20.2. The van der Waals surface area contributed by atoms with Crippen LogP contribution in [-0.2, 0) is 4.79 Å². The van der Waals surface area contributed by atoms with Crippen molar-refractivity contribution in [3.63, 3.8) is 0 Å². The van der Waals surface area contributed by atoms with Gasteiger partial charge in [0.2, 0.25) is 5.75 Å². The molecular formula is C12H18N4O7. The van der Waals surface area contributed by atoms with E-state index in [0.717, 1.165) is 25.0 Å². The highest BCUT2D eigenvalue weighted by molar-refractivity contribution is 5.72. The number of para-hydroxylation sites is 1. The van der Waals surface area contributed by atoms with E-state index in [2.05, 4.69) is 0 Å². The number of carboxylic acid groups (broad SMARTS) is 1. The van der Waals surface area contributed by atoms with Crippen molar-refractivity contribution in [2.75, 3.05) is 6.54 Å². The molecule has 1 atom stereocenters. The lowest BCUT2D eigenvalue weighted by molar-refractivity contribution is -0.423. The van der Waals surface area contributed by atoms with E-state index in [9.17, 15) is 25.0 Å². The summed E-state index contributed by atoms with van der Waals surface area (Å²) >= 11 is 0. The van der Waals surface area contributed by atoms with Gasteiger partial charge in [-0.1, -0.05) is 12.5 Å². The molecule has 0 saturated heterocycles. The number of unbranched alkanes of at least 4 members (excludes halogenated alkanes) is 1. The van der Waals surface area contributed by atoms with Gasteiger partial charge in [0.05, 0.1) is 9.85 Å². The van der Waals surface area contributed by atoms with Crippen LogP contribution in [0.15, 0.2) is 18.2 Å². The lowest BCUT2D eigenvalue weighted by atomic mass is 10.1. The number of benzene rings is 1. The number of aromatic hydroxyl groups is 1. The molecule has 1 aromatic carbocycles. The number of hydrogen-bond acceptors (Lipinski definition) is 8. The van der Waals surface area contributed by atoms with Gasteiger partial charge in [-0.15, -0.1) is 0 Å². The van der Waals surface area contributed by atoms with Gasteiger partial charge in [0.25, 0.3) is 0 Å². The van der Waals surface area contributed by atoms with Crippen molar-refractivity contribution in [3.8, 4) is 5.75 Å². The molecular weight excluding hydrogens is 312 g/mol. The van der Waals surface area contributed by atoms with Crippen LogP contribution < -0.4 is 11.5 Å². The van der Waals surface area contributed by atoms with Crippen molar-refractivity contribution in [3.05, 3.63) is 38.4 Å². The first-order valence-corrected chi connectivity index (χ1v) is 6.51. The van der Waals surface area contributed by atoms with E-state index in [4.69, 9.17) is 21.7 Å². The SMILES string of the molecule is NCCCC[C@H](N)C(=O)O.O=[N+]([O-])c1cccc(O)c1[N+](=O)[O-]. The van der Waals surface area contributed by atoms with Crippen LogP contribution in [0.4, 0.5) is 11.4 Å². The van der Waals surface area contributed by atoms with Gasteiger partial charge in [-0.2, -0.15) is 0 Å². The molecule has 0 saturated carbocycles. The van der Waals surface area contributed by atoms with Crippen molar-refractivity contribution in [2.45, 2.75) is 25.3 Å². The Morgan fingerprint density at radius 1 is 1.22 bits per heavy atom. The average Bonchev–Trinajstić information content (AvgIpc) is 2.47. The molecule has 1 rings (SSSR count). The fourth-order valence-electron chi connectivity index (χ4n) is 1.49. The fourth-order valence-corrected chi connectivity index (χ4v) is 1.49. The maximum atomic E-state index is 10.3. The van der Waals surface area contributed by atoms with E-state index < -0.39 is 39.0 Å². The molecule has 0 aromatic heterocycles. The summed E-state index contributed by atoms with van der Waals surface area (Å²) in [5.74, 6) is -1.64. The Kier molecular flexibility index (Phi) is 8.81. The maximum Gasteiger partial charge on any atom is 0.387 e. The number of carbonyl (C=O) groups is 1. The summed E-state index contributed by atoms with van der Waals surface area (Å²) in [6, 6.07) is 2.43. The largest absolute Gasteiger partial charge is 0.502 e. The Morgan fingerprint density at radius 3 is 2.22 bits per heavy atom. The molecule has 0 amide bonds. The molecule has 0 aliphatic carbocycles. The summed E-state index contributed by atoms with van der Waals surface area (Å²) in [7, 11) is 0. The van der Waals surface area contributed by atoms with Gasteiger partial charge in [-0.25, -0.2) is 0 Å². The van der Waals surface area contributed by atoms with Gasteiger partial charge in [0.15, 0.2) is 0 Å². The first-order valence-electron chi connectivity index (χ1n) is 6.51. The summed E-state index contributed by atoms with van der Waals surface area (Å²) in [6.45, 7) is 0.604. The zero-order chi connectivity index (χ0) is 18.0. The van der Waals surface area contributed by atoms with Crippen molar-refractivity contribution in [2.24, 2.45) is 11.5 Å². The molecule has 0 radical (unpaired) electrons. The van der Waals surface area contributed by atoms with Gasteiger partial charge in [0.1, 0.15) is 6.04 Å². The topological polar surface area (TPSA) is 196 Å². The molecule has 0 aliphatic rings. The second-order valence-corrected chi connectivity index (χ2v) is 4.39. The zero-order valence-electron chi connectivity index (χ0n) is 12.1. The van der Waals surface area contributed by atoms with Crippen molar-refractivity contribution in [1.29, 1.82) is 0 Å². The smallest absolute Gasteiger partial charge is 0.387 e. The highest BCUT2D eigenvalue weighted by Gasteiger charge is 2.27. The summed E-state index contributed by atoms with van der Waals surface area (Å²) < 4.78 is 0. The molecule has 0 spiro atoms. The Bertz CT molecular complexity index is 564. The van der Waals surface area contributed by atoms with Crippen LogP contribution in [0.25, 0.3) is 0 Å². The van der Waals surface area contributed by atoms with Crippen molar-refractivity contribution >= 4 is 17.3 Å². The molecule has 23 heavy (non-hydrogen) atoms. The van der Waals surface area contributed by atoms with E-state index in [0.29, 0.717) is 13.0 Å². The summed E-state index contributed by atoms with van der Waals surface area (Å²) in [6.07, 6.45) is 2.16. The molecule has 11 heteroatoms. The van der Waals surface area contributed by atoms with Gasteiger partial charge >= 0.3 is 17.3 Å². The Labute approximate surface area is 130 Å². The predicted octanol–water partition coefficient (Wildman–Crippen LogP) is 0.736. The number of nitro groups is 2. The Balaban J connectivity index is 0.000000438. The van der Waals surface area contributed by atoms with Gasteiger partial charge in [-0.05, 0) is 25.5 Å². The standard InChI is InChI=1S/C6H4N2O5.C6H14N2O2/c9-5-3-1-2-4(7(10)11)6(5)8(12)13;7-4-2-1-3-5(8)6(9)10/h1-3,9H;5H,1-4,7-8H2,(H,9,10)/t;5-/m.0/s1. The summed E-state index contributed by atoms with van der Waals surface area (Å²) in [4.78, 5) is 28.8. The second-order valence-electron chi connectivity index (χ2n) is 4.39. The van der Waals surface area contributed by atoms with Crippen molar-refractivity contribution < 1.29 is 24.9 Å². The third kappa shape index (κ3) is 7.15. The quantitative estimate of drug-likeness (QED) is 0.316. The van der Waals surface area contributed by atoms with Gasteiger partial charge in [-0.3, -0.25) is 25.0 Å². The molecule has 1 aromatic rings. The summed E-state index contributed by atoms with van der Waals surface area (Å²) in [5.41, 5.74) is 8.82. The molecule has 128 valence electrons. The van der Waals surface area contributed by atoms with Crippen LogP contribution in [0.2, 0.25) is 0 Å². The summed E-state index contributed by atoms with van der Waals surface area (Å²) in [5, 5.41) is 37.8. The number of rotatable bonds is 7. The van der Waals surface area contributed by atoms with E-state index in [1.807, 2.05) is 0 Å². The third-order valence-electron chi connectivity index (χ3n) is 2.66. The van der Waals surface area contributed by atoms with E-state index in [1.165, 1.54) is 6.07 Å². The van der Waals surface area contributed by atoms with E-state index >= 15 is 0 Å². The second kappa shape index (κ2) is 10.0. The fraction of sp³-hybridized carbons (Fsp3) is 0.417. The minimum Gasteiger partial charge on any atom is -0.502 e. The number of aliphatic carboxylic acids is 1. The molecule has 0 aliphatic heterocycles. The van der Waals surface area contributed by atoms with Crippen LogP contribution in [0.1, 0.15) is 19.3 Å². The first-order chi connectivity index (χ1) is 10.7. The molecule has 6 N–H and O–H groups in total. The minimum absolute atomic E-state index is 0.520. The zero-order valence-corrected chi connectivity index (χ0v) is 12.1. The number of phenols is 1. The number of nitrogens with zero attached hydrogens (tertiary/aromatic N) is 2. The number of nitro benzene ring substituents is 2. The number of nitrogens with two attached hydrogens (primary N) is 2. The van der Waals surface area contributed by atoms with Crippen LogP contribution in [0, 0.1) is 20.2 Å². The monoisotopic (exact) mass is 330 g/mol. The third-order valence-corrected chi connectivity index (χ3v) is 2.66. The normalized spacial score (nSPS) is 11.0. The van der Waals surface area contributed by atoms with Crippen LogP contribution >= 0.6 is 0 Å². The minimum atomic E-state index is -0.993. The van der Waals surface area contributed by atoms with E-state index in [-0.39, 0.29) is 0 Å². The van der Waals surface area contributed by atoms with Crippen LogP contribution in [0.3, 0.4) is 0 Å². The highest BCUT2D eigenvalue weighted by Crippen LogP contribution is 2.34. The lowest BCUT2D eigenvalue weighted by Gasteiger charge is -2.03. The number of phenolic OH excluding ortho intramolecular Hbond substituents is 1. The molecule has 0 fully saturated rings. The van der Waals surface area contributed by atoms with Crippen LogP contribution in [-0.4, -0.2) is 38.6 Å². The predicted molar refractivity (Wildman–Crippen MR) is 79.9 cm³/mol. The van der Waals surface area contributed by atoms with Crippen molar-refractivity contribution in [1.82, 2.24) is 0 Å². The Morgan fingerprint density at radius 2 is 1.83 bits per heavy atom.